The summed E-state index contributed by atoms with van der Waals surface area (Å²) >= 11 is 0. The van der Waals surface area contributed by atoms with Crippen LogP contribution in [0.15, 0.2) is 0 Å². The van der Waals surface area contributed by atoms with E-state index in [0.717, 1.165) is 109 Å². The Hall–Kier alpha value is -1.94. The van der Waals surface area contributed by atoms with E-state index < -0.39 is 97.5 Å². The van der Waals surface area contributed by atoms with Gasteiger partial charge in [0.05, 0.1) is 26.4 Å². The van der Waals surface area contributed by atoms with Crippen molar-refractivity contribution in [2.75, 3.05) is 39.6 Å². The molecule has 5 atom stereocenters. The van der Waals surface area contributed by atoms with Crippen molar-refractivity contribution >= 4 is 39.5 Å². The second kappa shape index (κ2) is 70.1. The first kappa shape index (κ1) is 94.1. The summed E-state index contributed by atoms with van der Waals surface area (Å²) < 4.78 is 68.4. The normalized spacial score (nSPS) is 13.9. The molecule has 17 nitrogen and oxygen atoms in total. The van der Waals surface area contributed by atoms with Crippen LogP contribution in [0.1, 0.15) is 407 Å². The van der Waals surface area contributed by atoms with Gasteiger partial charge >= 0.3 is 39.5 Å². The Morgan fingerprint density at radius 2 is 0.479 bits per heavy atom. The minimum absolute atomic E-state index is 0.106. The van der Waals surface area contributed by atoms with E-state index in [1.54, 1.807) is 0 Å². The van der Waals surface area contributed by atoms with Gasteiger partial charge in [-0.2, -0.15) is 0 Å². The maximum absolute atomic E-state index is 13.1. The number of rotatable bonds is 77. The number of unbranched alkanes of at least 4 members (excludes halogenated alkanes) is 49. The van der Waals surface area contributed by atoms with Crippen LogP contribution in [0.3, 0.4) is 0 Å². The van der Waals surface area contributed by atoms with Crippen LogP contribution < -0.4 is 0 Å². The van der Waals surface area contributed by atoms with Crippen molar-refractivity contribution in [2.24, 2.45) is 5.92 Å². The van der Waals surface area contributed by atoms with Gasteiger partial charge in [-0.3, -0.25) is 37.3 Å². The Morgan fingerprint density at radius 1 is 0.281 bits per heavy atom. The van der Waals surface area contributed by atoms with Crippen LogP contribution >= 0.6 is 15.6 Å². The Kier molecular flexibility index (Phi) is 68.7. The molecule has 0 aliphatic rings. The van der Waals surface area contributed by atoms with E-state index in [1.807, 2.05) is 0 Å². The number of esters is 4. The third-order valence-electron chi connectivity index (χ3n) is 18.0. The molecular weight excluding hydrogens is 1260 g/mol. The summed E-state index contributed by atoms with van der Waals surface area (Å²) in [6.45, 7) is 7.24. The summed E-state index contributed by atoms with van der Waals surface area (Å²) in [5.41, 5.74) is 0. The Bertz CT molecular complexity index is 1840. The monoisotopic (exact) mass is 1410 g/mol. The SMILES string of the molecule is CCCCCCCCCCCCCCCCCCCCCCCCC(=O)O[C@H](COC(=O)CCCCCCCCCCCCCCCC)COP(=O)(O)OC[C@@H](O)COP(=O)(O)OC[C@@H](COC(=O)CCCCCCCCC)OC(=O)CCCCCCCCCCCCC(C)C. The number of aliphatic hydroxyl groups excluding tert-OH is 1. The maximum atomic E-state index is 13.1. The maximum Gasteiger partial charge on any atom is 0.472 e. The van der Waals surface area contributed by atoms with Crippen molar-refractivity contribution in [3.8, 4) is 0 Å². The van der Waals surface area contributed by atoms with Crippen molar-refractivity contribution in [3.05, 3.63) is 0 Å². The molecule has 3 N–H and O–H groups in total. The third kappa shape index (κ3) is 70.5. The van der Waals surface area contributed by atoms with Gasteiger partial charge in [-0.25, -0.2) is 9.13 Å². The van der Waals surface area contributed by atoms with E-state index >= 15 is 0 Å². The Morgan fingerprint density at radius 3 is 0.708 bits per heavy atom. The molecule has 0 amide bonds. The molecule has 570 valence electrons. The highest BCUT2D eigenvalue weighted by molar-refractivity contribution is 7.47. The molecule has 0 spiro atoms. The molecule has 2 unspecified atom stereocenters. The highest BCUT2D eigenvalue weighted by Gasteiger charge is 2.30. The highest BCUT2D eigenvalue weighted by Crippen LogP contribution is 2.45. The zero-order chi connectivity index (χ0) is 70.5. The van der Waals surface area contributed by atoms with Crippen molar-refractivity contribution in [1.29, 1.82) is 0 Å². The quantitative estimate of drug-likeness (QED) is 0.0222. The van der Waals surface area contributed by atoms with Crippen LogP contribution in [0.25, 0.3) is 0 Å². The van der Waals surface area contributed by atoms with E-state index in [9.17, 15) is 43.2 Å². The number of carbonyl (C=O) groups is 4. The Labute approximate surface area is 588 Å². The fraction of sp³-hybridized carbons (Fsp3) is 0.948. The second-order valence-corrected chi connectivity index (χ2v) is 31.1. The number of aliphatic hydroxyl groups is 1. The fourth-order valence-corrected chi connectivity index (χ4v) is 13.5. The number of hydrogen-bond donors (Lipinski definition) is 3. The van der Waals surface area contributed by atoms with E-state index in [2.05, 4.69) is 34.6 Å². The first-order valence-corrected chi connectivity index (χ1v) is 43.1. The van der Waals surface area contributed by atoms with Gasteiger partial charge in [0.25, 0.3) is 0 Å². The number of hydrogen-bond acceptors (Lipinski definition) is 15. The largest absolute Gasteiger partial charge is 0.472 e. The minimum atomic E-state index is -4.96. The van der Waals surface area contributed by atoms with Crippen LogP contribution in [0.5, 0.6) is 0 Å². The van der Waals surface area contributed by atoms with Gasteiger partial charge in [-0.1, -0.05) is 356 Å². The predicted octanol–water partition coefficient (Wildman–Crippen LogP) is 22.9. The lowest BCUT2D eigenvalue weighted by Crippen LogP contribution is -2.30. The first-order chi connectivity index (χ1) is 46.5. The van der Waals surface area contributed by atoms with E-state index in [-0.39, 0.29) is 25.7 Å². The van der Waals surface area contributed by atoms with Gasteiger partial charge in [0.15, 0.2) is 12.2 Å². The van der Waals surface area contributed by atoms with Crippen LogP contribution in [-0.4, -0.2) is 96.7 Å². The van der Waals surface area contributed by atoms with Crippen LogP contribution in [0.2, 0.25) is 0 Å². The van der Waals surface area contributed by atoms with Crippen molar-refractivity contribution in [2.45, 2.75) is 425 Å². The zero-order valence-electron chi connectivity index (χ0n) is 62.5. The number of carbonyl (C=O) groups excluding carboxylic acids is 4. The van der Waals surface area contributed by atoms with Crippen LogP contribution in [-0.2, 0) is 65.4 Å². The topological polar surface area (TPSA) is 237 Å². The molecule has 0 aromatic heterocycles. The summed E-state index contributed by atoms with van der Waals surface area (Å²) in [4.78, 5) is 72.7. The van der Waals surface area contributed by atoms with Crippen molar-refractivity contribution in [1.82, 2.24) is 0 Å². The molecule has 0 rings (SSSR count). The molecule has 0 heterocycles. The summed E-state index contributed by atoms with van der Waals surface area (Å²) in [5.74, 6) is -1.37. The molecule has 0 radical (unpaired) electrons. The molecule has 0 bridgehead atoms. The molecule has 96 heavy (non-hydrogen) atoms. The second-order valence-electron chi connectivity index (χ2n) is 28.2. The van der Waals surface area contributed by atoms with E-state index in [4.69, 9.17) is 37.0 Å². The lowest BCUT2D eigenvalue weighted by molar-refractivity contribution is -0.161. The summed E-state index contributed by atoms with van der Waals surface area (Å²) in [7, 11) is -9.90. The standard InChI is InChI=1S/C77H150O17P2/c1-6-9-12-15-18-20-22-24-26-27-28-29-30-31-32-33-35-37-42-47-52-57-62-76(81)94-73(67-88-75(80)61-56-51-46-41-36-34-25-23-21-19-16-13-10-7-2)69-92-96(85,86)90-65-71(78)64-89-95(83,84)91-68-72(66-87-74(79)60-55-50-44-17-14-11-8-3)93-77(82)63-58-53-48-43-39-38-40-45-49-54-59-70(4)5/h70-73,78H,6-69H2,1-5H3,(H,83,84)(H,85,86)/t71-,72+,73+/m0/s1. The van der Waals surface area contributed by atoms with Gasteiger partial charge in [-0.15, -0.1) is 0 Å². The highest BCUT2D eigenvalue weighted by atomic mass is 31.2. The third-order valence-corrected chi connectivity index (χ3v) is 19.9. The van der Waals surface area contributed by atoms with Gasteiger partial charge in [-0.05, 0) is 31.6 Å². The molecule has 0 saturated heterocycles. The van der Waals surface area contributed by atoms with Crippen molar-refractivity contribution < 1.29 is 80.2 Å². The first-order valence-electron chi connectivity index (χ1n) is 40.1. The van der Waals surface area contributed by atoms with E-state index in [1.165, 1.54) is 218 Å². The minimum Gasteiger partial charge on any atom is -0.462 e. The number of phosphoric acid groups is 2. The molecule has 0 aliphatic carbocycles. The smallest absolute Gasteiger partial charge is 0.462 e. The molecule has 0 saturated carbocycles. The average Bonchev–Trinajstić information content (AvgIpc) is 1.65. The number of phosphoric ester groups is 2. The van der Waals surface area contributed by atoms with Gasteiger partial charge in [0.2, 0.25) is 0 Å². The zero-order valence-corrected chi connectivity index (χ0v) is 64.3. The summed E-state index contributed by atoms with van der Waals surface area (Å²) in [5, 5.41) is 10.6. The van der Waals surface area contributed by atoms with Gasteiger partial charge < -0.3 is 33.8 Å². The van der Waals surface area contributed by atoms with Gasteiger partial charge in [0, 0.05) is 25.7 Å². The predicted molar refractivity (Wildman–Crippen MR) is 391 cm³/mol. The lowest BCUT2D eigenvalue weighted by Gasteiger charge is -2.21. The summed E-state index contributed by atoms with van der Waals surface area (Å²) in [6.07, 6.45) is 59.9. The fourth-order valence-electron chi connectivity index (χ4n) is 11.9. The molecule has 0 aromatic carbocycles. The average molecular weight is 1410 g/mol. The lowest BCUT2D eigenvalue weighted by atomic mass is 10.0. The van der Waals surface area contributed by atoms with E-state index in [0.29, 0.717) is 25.7 Å². The molecule has 0 aliphatic heterocycles. The Balaban J connectivity index is 5.15. The van der Waals surface area contributed by atoms with Crippen molar-refractivity contribution in [3.63, 3.8) is 0 Å². The molecular formula is C77H150O17P2. The molecule has 0 fully saturated rings. The number of ether oxygens (including phenoxy) is 4. The van der Waals surface area contributed by atoms with Gasteiger partial charge in [0.1, 0.15) is 19.3 Å². The van der Waals surface area contributed by atoms with Crippen LogP contribution in [0, 0.1) is 5.92 Å². The van der Waals surface area contributed by atoms with Crippen LogP contribution in [0.4, 0.5) is 0 Å². The summed E-state index contributed by atoms with van der Waals surface area (Å²) in [6, 6.07) is 0. The molecule has 0 aromatic rings. The molecule has 19 heteroatoms.